The van der Waals surface area contributed by atoms with Crippen molar-refractivity contribution in [2.24, 2.45) is 5.41 Å². The van der Waals surface area contributed by atoms with Crippen LogP contribution in [0.3, 0.4) is 0 Å². The van der Waals surface area contributed by atoms with Crippen LogP contribution in [-0.2, 0) is 22.0 Å². The molecular weight excluding hydrogens is 252 g/mol. The molecule has 0 saturated carbocycles. The van der Waals surface area contributed by atoms with Crippen molar-refractivity contribution in [3.05, 3.63) is 23.3 Å². The van der Waals surface area contributed by atoms with E-state index in [4.69, 9.17) is 0 Å². The smallest absolute Gasteiger partial charge is 0.166 e. The second-order valence-electron chi connectivity index (χ2n) is 5.66. The van der Waals surface area contributed by atoms with E-state index in [1.54, 1.807) is 0 Å². The van der Waals surface area contributed by atoms with Crippen LogP contribution >= 0.6 is 0 Å². The summed E-state index contributed by atoms with van der Waals surface area (Å²) in [4.78, 5) is 20.1. The molecule has 0 fully saturated rings. The molecule has 1 aromatic rings. The third kappa shape index (κ3) is 2.93. The number of hydrogen-bond acceptors (Lipinski definition) is 5. The molecule has 0 atom stereocenters. The number of rotatable bonds is 2. The van der Waals surface area contributed by atoms with E-state index < -0.39 is 9.84 Å². The van der Waals surface area contributed by atoms with Crippen molar-refractivity contribution in [2.75, 3.05) is 6.26 Å². The Morgan fingerprint density at radius 3 is 2.61 bits per heavy atom. The molecule has 5 nitrogen and oxygen atoms in total. The Balaban J connectivity index is 2.40. The summed E-state index contributed by atoms with van der Waals surface area (Å²) in [6, 6.07) is 0. The molecule has 18 heavy (non-hydrogen) atoms. The number of sulfone groups is 1. The summed E-state index contributed by atoms with van der Waals surface area (Å²) in [6.07, 6.45) is 3.76. The third-order valence-corrected chi connectivity index (χ3v) is 3.68. The molecule has 6 heteroatoms. The summed E-state index contributed by atoms with van der Waals surface area (Å²) < 4.78 is 22.4. The highest BCUT2D eigenvalue weighted by Crippen LogP contribution is 2.33. The normalized spacial score (nSPS) is 18.5. The molecule has 1 aromatic heterocycles. The maximum Gasteiger partial charge on any atom is 0.166 e. The lowest BCUT2D eigenvalue weighted by Gasteiger charge is -2.29. The Bertz CT molecular complexity index is 606. The fraction of sp³-hybridized carbons (Fsp3) is 0.583. The van der Waals surface area contributed by atoms with Crippen LogP contribution in [0, 0.1) is 5.41 Å². The van der Waals surface area contributed by atoms with E-state index in [-0.39, 0.29) is 22.8 Å². The first-order valence-electron chi connectivity index (χ1n) is 5.72. The minimum atomic E-state index is -3.16. The van der Waals surface area contributed by atoms with Gasteiger partial charge >= 0.3 is 0 Å². The highest BCUT2D eigenvalue weighted by Gasteiger charge is 2.32. The minimum Gasteiger partial charge on any atom is -0.294 e. The Morgan fingerprint density at radius 2 is 2.00 bits per heavy atom. The fourth-order valence-electron chi connectivity index (χ4n) is 2.18. The van der Waals surface area contributed by atoms with Crippen molar-refractivity contribution in [1.82, 2.24) is 9.97 Å². The molecule has 0 saturated heterocycles. The molecule has 0 unspecified atom stereocenters. The zero-order chi connectivity index (χ0) is 13.6. The van der Waals surface area contributed by atoms with Gasteiger partial charge < -0.3 is 0 Å². The van der Waals surface area contributed by atoms with E-state index in [1.165, 1.54) is 6.20 Å². The van der Waals surface area contributed by atoms with Crippen molar-refractivity contribution in [3.63, 3.8) is 0 Å². The molecule has 1 heterocycles. The first kappa shape index (κ1) is 13.1. The number of carbonyl (C=O) groups is 1. The molecule has 2 rings (SSSR count). The van der Waals surface area contributed by atoms with Crippen LogP contribution in [-0.4, -0.2) is 30.4 Å². The first-order chi connectivity index (χ1) is 8.16. The molecule has 0 aromatic carbocycles. The van der Waals surface area contributed by atoms with Crippen molar-refractivity contribution in [3.8, 4) is 0 Å². The van der Waals surface area contributed by atoms with Crippen LogP contribution in [0.4, 0.5) is 0 Å². The van der Waals surface area contributed by atoms with Crippen LogP contribution in [0.1, 0.15) is 42.1 Å². The molecular formula is C12H16N2O3S. The van der Waals surface area contributed by atoms with Gasteiger partial charge in [0.05, 0.1) is 11.3 Å². The molecule has 0 amide bonds. The maximum atomic E-state index is 11.9. The summed E-state index contributed by atoms with van der Waals surface area (Å²) in [6.45, 7) is 4.01. The number of ketones is 1. The summed E-state index contributed by atoms with van der Waals surface area (Å²) in [5.74, 6) is 0.114. The molecule has 0 radical (unpaired) electrons. The van der Waals surface area contributed by atoms with Crippen molar-refractivity contribution in [2.45, 2.75) is 32.4 Å². The van der Waals surface area contributed by atoms with E-state index in [1.807, 2.05) is 13.8 Å². The molecule has 1 aliphatic carbocycles. The number of aromatic nitrogens is 2. The zero-order valence-electron chi connectivity index (χ0n) is 10.7. The number of fused-ring (bicyclic) bond motifs is 1. The molecule has 0 aliphatic heterocycles. The molecule has 1 aliphatic rings. The highest BCUT2D eigenvalue weighted by atomic mass is 32.2. The van der Waals surface area contributed by atoms with Crippen LogP contribution in [0.5, 0.6) is 0 Å². The van der Waals surface area contributed by atoms with E-state index >= 15 is 0 Å². The van der Waals surface area contributed by atoms with Gasteiger partial charge in [0.15, 0.2) is 15.6 Å². The highest BCUT2D eigenvalue weighted by molar-refractivity contribution is 7.89. The van der Waals surface area contributed by atoms with E-state index in [2.05, 4.69) is 9.97 Å². The Kier molecular flexibility index (Phi) is 3.01. The van der Waals surface area contributed by atoms with Gasteiger partial charge in [0, 0.05) is 18.9 Å². The summed E-state index contributed by atoms with van der Waals surface area (Å²) in [5.41, 5.74) is 1.08. The summed E-state index contributed by atoms with van der Waals surface area (Å²) in [5, 5.41) is 0. The number of hydrogen-bond donors (Lipinski definition) is 0. The van der Waals surface area contributed by atoms with Gasteiger partial charge in [-0.15, -0.1) is 0 Å². The van der Waals surface area contributed by atoms with E-state index in [0.29, 0.717) is 24.1 Å². The summed E-state index contributed by atoms with van der Waals surface area (Å²) in [7, 11) is -3.16. The second kappa shape index (κ2) is 4.12. The van der Waals surface area contributed by atoms with Crippen molar-refractivity contribution < 1.29 is 13.2 Å². The SMILES string of the molecule is CC1(C)CC(=O)c2cnc(CS(C)(=O)=O)nc2C1. The average Bonchev–Trinajstić information content (AvgIpc) is 2.11. The average molecular weight is 268 g/mol. The lowest BCUT2D eigenvalue weighted by atomic mass is 9.76. The molecule has 0 bridgehead atoms. The van der Waals surface area contributed by atoms with Crippen molar-refractivity contribution >= 4 is 15.6 Å². The maximum absolute atomic E-state index is 11.9. The lowest BCUT2D eigenvalue weighted by molar-refractivity contribution is 0.0909. The Hall–Kier alpha value is -1.30. The topological polar surface area (TPSA) is 77.0 Å². The second-order valence-corrected chi connectivity index (χ2v) is 7.80. The standard InChI is InChI=1S/C12H16N2O3S/c1-12(2)4-9-8(10(15)5-12)6-13-11(14-9)7-18(3,16)17/h6H,4-5,7H2,1-3H3. The summed E-state index contributed by atoms with van der Waals surface area (Å²) >= 11 is 0. The molecule has 0 N–H and O–H groups in total. The monoisotopic (exact) mass is 268 g/mol. The number of carbonyl (C=O) groups excluding carboxylic acids is 1. The fourth-order valence-corrected chi connectivity index (χ4v) is 2.78. The van der Waals surface area contributed by atoms with Gasteiger partial charge in [-0.25, -0.2) is 18.4 Å². The Labute approximate surface area is 107 Å². The molecule has 98 valence electrons. The quantitative estimate of drug-likeness (QED) is 0.804. The van der Waals surface area contributed by atoms with Gasteiger partial charge in [0.1, 0.15) is 11.6 Å². The van der Waals surface area contributed by atoms with Gasteiger partial charge in [-0.3, -0.25) is 4.79 Å². The van der Waals surface area contributed by atoms with Gasteiger partial charge in [-0.1, -0.05) is 13.8 Å². The predicted octanol–water partition coefficient (Wildman–Crippen LogP) is 1.18. The van der Waals surface area contributed by atoms with Crippen LogP contribution < -0.4 is 0 Å². The predicted molar refractivity (Wildman–Crippen MR) is 67.0 cm³/mol. The minimum absolute atomic E-state index is 0.0344. The Morgan fingerprint density at radius 1 is 1.33 bits per heavy atom. The molecule has 0 spiro atoms. The zero-order valence-corrected chi connectivity index (χ0v) is 11.5. The van der Waals surface area contributed by atoms with Crippen LogP contribution in [0.25, 0.3) is 0 Å². The number of Topliss-reactive ketones (excluding diaryl/α,β-unsaturated/α-hetero) is 1. The van der Waals surface area contributed by atoms with Gasteiger partial charge in [0.2, 0.25) is 0 Å². The van der Waals surface area contributed by atoms with Gasteiger partial charge in [-0.05, 0) is 11.8 Å². The first-order valence-corrected chi connectivity index (χ1v) is 7.78. The lowest BCUT2D eigenvalue weighted by Crippen LogP contribution is -2.28. The van der Waals surface area contributed by atoms with Crippen molar-refractivity contribution in [1.29, 1.82) is 0 Å². The van der Waals surface area contributed by atoms with Gasteiger partial charge in [0.25, 0.3) is 0 Å². The van der Waals surface area contributed by atoms with Crippen LogP contribution in [0.15, 0.2) is 6.20 Å². The largest absolute Gasteiger partial charge is 0.294 e. The van der Waals surface area contributed by atoms with Crippen LogP contribution in [0.2, 0.25) is 0 Å². The number of nitrogens with zero attached hydrogens (tertiary/aromatic N) is 2. The van der Waals surface area contributed by atoms with Gasteiger partial charge in [-0.2, -0.15) is 0 Å². The van der Waals surface area contributed by atoms with E-state index in [0.717, 1.165) is 6.26 Å². The van der Waals surface area contributed by atoms with E-state index in [9.17, 15) is 13.2 Å². The third-order valence-electron chi connectivity index (χ3n) is 2.89.